The molecule has 5 atom stereocenters. The highest BCUT2D eigenvalue weighted by Crippen LogP contribution is 2.70. The predicted octanol–water partition coefficient (Wildman–Crippen LogP) is 2.51. The Labute approximate surface area is 99.8 Å². The highest BCUT2D eigenvalue weighted by Gasteiger charge is 2.72. The van der Waals surface area contributed by atoms with Gasteiger partial charge in [-0.25, -0.2) is 0 Å². The van der Waals surface area contributed by atoms with Gasteiger partial charge in [0.1, 0.15) is 17.3 Å². The van der Waals surface area contributed by atoms with Gasteiger partial charge in [-0.2, -0.15) is 0 Å². The summed E-state index contributed by atoms with van der Waals surface area (Å²) < 4.78 is 0. The summed E-state index contributed by atoms with van der Waals surface area (Å²) in [4.78, 5) is 12.2. The molecule has 0 radical (unpaired) electrons. The molecule has 0 saturated heterocycles. The van der Waals surface area contributed by atoms with Crippen LogP contribution in [-0.2, 0) is 4.79 Å². The van der Waals surface area contributed by atoms with E-state index in [9.17, 15) is 15.0 Å². The van der Waals surface area contributed by atoms with Crippen molar-refractivity contribution in [1.29, 1.82) is 0 Å². The number of rotatable bonds is 0. The van der Waals surface area contributed by atoms with Crippen molar-refractivity contribution in [2.24, 2.45) is 29.1 Å². The average molecular weight is 232 g/mol. The van der Waals surface area contributed by atoms with Crippen LogP contribution in [0.3, 0.4) is 0 Å². The lowest BCUT2D eigenvalue weighted by Crippen LogP contribution is -2.59. The fourth-order valence-corrected chi connectivity index (χ4v) is 5.10. The standard InChI is InChI=1S/C14H16O3/c15-8-5-7-1-2-10-9-3-4-14(10,13(9)17)12(7)11(16)6-8/h5-7,9-10,12,15-16H,1-4H2. The van der Waals surface area contributed by atoms with Crippen molar-refractivity contribution in [3.63, 3.8) is 0 Å². The van der Waals surface area contributed by atoms with Gasteiger partial charge in [0.2, 0.25) is 0 Å². The first-order valence-corrected chi connectivity index (χ1v) is 6.50. The fourth-order valence-electron chi connectivity index (χ4n) is 5.10. The number of carbonyl (C=O) groups is 1. The Morgan fingerprint density at radius 2 is 2.06 bits per heavy atom. The Hall–Kier alpha value is -1.25. The summed E-state index contributed by atoms with van der Waals surface area (Å²) >= 11 is 0. The molecule has 0 heterocycles. The Morgan fingerprint density at radius 3 is 2.82 bits per heavy atom. The van der Waals surface area contributed by atoms with E-state index in [4.69, 9.17) is 0 Å². The number of ketones is 1. The topological polar surface area (TPSA) is 57.5 Å². The molecule has 2 N–H and O–H groups in total. The summed E-state index contributed by atoms with van der Waals surface area (Å²) in [5.41, 5.74) is -0.272. The third-order valence-electron chi connectivity index (χ3n) is 5.61. The first-order valence-electron chi connectivity index (χ1n) is 6.50. The van der Waals surface area contributed by atoms with Gasteiger partial charge in [-0.05, 0) is 43.6 Å². The summed E-state index contributed by atoms with van der Waals surface area (Å²) in [5.74, 6) is 1.65. The minimum Gasteiger partial charge on any atom is -0.512 e. The second-order valence-corrected chi connectivity index (χ2v) is 6.04. The van der Waals surface area contributed by atoms with Gasteiger partial charge in [-0.1, -0.05) is 0 Å². The smallest absolute Gasteiger partial charge is 0.143 e. The molecule has 4 fully saturated rings. The fraction of sp³-hybridized carbons (Fsp3) is 0.643. The predicted molar refractivity (Wildman–Crippen MR) is 61.3 cm³/mol. The van der Waals surface area contributed by atoms with Gasteiger partial charge < -0.3 is 10.2 Å². The van der Waals surface area contributed by atoms with Gasteiger partial charge in [0.25, 0.3) is 0 Å². The number of aliphatic hydroxyl groups excluding tert-OH is 2. The minimum absolute atomic E-state index is 0.0524. The molecule has 3 heteroatoms. The zero-order chi connectivity index (χ0) is 11.8. The lowest BCUT2D eigenvalue weighted by molar-refractivity contribution is -0.161. The van der Waals surface area contributed by atoms with Gasteiger partial charge in [0.05, 0.1) is 0 Å². The van der Waals surface area contributed by atoms with Crippen LogP contribution < -0.4 is 0 Å². The number of Topliss-reactive ketones (excluding diaryl/α,β-unsaturated/α-hetero) is 1. The zero-order valence-corrected chi connectivity index (χ0v) is 9.60. The molecule has 5 unspecified atom stereocenters. The van der Waals surface area contributed by atoms with Crippen molar-refractivity contribution in [3.8, 4) is 0 Å². The second kappa shape index (κ2) is 2.77. The van der Waals surface area contributed by atoms with Crippen LogP contribution in [0.25, 0.3) is 0 Å². The van der Waals surface area contributed by atoms with Crippen molar-refractivity contribution in [1.82, 2.24) is 0 Å². The highest BCUT2D eigenvalue weighted by atomic mass is 16.3. The minimum atomic E-state index is -0.272. The van der Waals surface area contributed by atoms with Crippen molar-refractivity contribution >= 4 is 5.78 Å². The Bertz CT molecular complexity index is 476. The van der Waals surface area contributed by atoms with E-state index in [2.05, 4.69) is 0 Å². The molecule has 0 aromatic carbocycles. The van der Waals surface area contributed by atoms with Crippen LogP contribution in [-0.4, -0.2) is 16.0 Å². The summed E-state index contributed by atoms with van der Waals surface area (Å²) in [6, 6.07) is 0. The highest BCUT2D eigenvalue weighted by molar-refractivity contribution is 5.97. The maximum atomic E-state index is 12.2. The number of hydrogen-bond donors (Lipinski definition) is 2. The van der Waals surface area contributed by atoms with Crippen molar-refractivity contribution in [2.75, 3.05) is 0 Å². The molecule has 1 spiro atoms. The summed E-state index contributed by atoms with van der Waals surface area (Å²) in [7, 11) is 0. The van der Waals surface area contributed by atoms with E-state index in [0.29, 0.717) is 11.7 Å². The molecule has 3 nitrogen and oxygen atoms in total. The van der Waals surface area contributed by atoms with Crippen molar-refractivity contribution < 1.29 is 15.0 Å². The van der Waals surface area contributed by atoms with Gasteiger partial charge in [-0.15, -0.1) is 0 Å². The number of aliphatic hydroxyl groups is 2. The summed E-state index contributed by atoms with van der Waals surface area (Å²) in [5, 5.41) is 19.7. The van der Waals surface area contributed by atoms with E-state index in [1.165, 1.54) is 6.08 Å². The number of hydrogen-bond acceptors (Lipinski definition) is 3. The quantitative estimate of drug-likeness (QED) is 0.674. The second-order valence-electron chi connectivity index (χ2n) is 6.04. The molecule has 0 aromatic heterocycles. The van der Waals surface area contributed by atoms with E-state index in [-0.39, 0.29) is 34.7 Å². The van der Waals surface area contributed by atoms with Gasteiger partial charge in [0, 0.05) is 23.3 Å². The molecule has 0 aliphatic heterocycles. The molecular weight excluding hydrogens is 216 g/mol. The number of allylic oxidation sites excluding steroid dienone is 3. The van der Waals surface area contributed by atoms with E-state index >= 15 is 0 Å². The number of carbonyl (C=O) groups excluding carboxylic acids is 1. The van der Waals surface area contributed by atoms with Crippen LogP contribution in [0, 0.1) is 29.1 Å². The van der Waals surface area contributed by atoms with E-state index in [0.717, 1.165) is 25.7 Å². The largest absolute Gasteiger partial charge is 0.512 e. The molecular formula is C14H16O3. The van der Waals surface area contributed by atoms with Crippen LogP contribution in [0.4, 0.5) is 0 Å². The Morgan fingerprint density at radius 1 is 1.24 bits per heavy atom. The first-order chi connectivity index (χ1) is 8.14. The van der Waals surface area contributed by atoms with E-state index in [1.54, 1.807) is 0 Å². The molecule has 17 heavy (non-hydrogen) atoms. The molecule has 5 rings (SSSR count). The van der Waals surface area contributed by atoms with Crippen LogP contribution in [0.2, 0.25) is 0 Å². The third kappa shape index (κ3) is 0.895. The molecule has 2 bridgehead atoms. The Balaban J connectivity index is 1.82. The lowest BCUT2D eigenvalue weighted by Gasteiger charge is -2.56. The SMILES string of the molecule is O=C1C2CCC13C2CCC1C=C(O)C=C(O)C13. The van der Waals surface area contributed by atoms with E-state index in [1.807, 2.05) is 6.08 Å². The third-order valence-corrected chi connectivity index (χ3v) is 5.61. The van der Waals surface area contributed by atoms with Crippen LogP contribution in [0.1, 0.15) is 25.7 Å². The summed E-state index contributed by atoms with van der Waals surface area (Å²) in [6.07, 6.45) is 7.27. The number of fused-ring (bicyclic) bond motifs is 2. The lowest BCUT2D eigenvalue weighted by atomic mass is 9.45. The van der Waals surface area contributed by atoms with Crippen LogP contribution in [0.15, 0.2) is 23.7 Å². The normalized spacial score (nSPS) is 50.9. The molecule has 0 amide bonds. The van der Waals surface area contributed by atoms with Gasteiger partial charge in [0.15, 0.2) is 0 Å². The van der Waals surface area contributed by atoms with Gasteiger partial charge in [-0.3, -0.25) is 4.79 Å². The maximum absolute atomic E-state index is 12.2. The van der Waals surface area contributed by atoms with Gasteiger partial charge >= 0.3 is 0 Å². The van der Waals surface area contributed by atoms with Crippen molar-refractivity contribution in [3.05, 3.63) is 23.7 Å². The molecule has 90 valence electrons. The van der Waals surface area contributed by atoms with Crippen LogP contribution in [0.5, 0.6) is 0 Å². The van der Waals surface area contributed by atoms with E-state index < -0.39 is 0 Å². The molecule has 0 aromatic rings. The first kappa shape index (κ1) is 9.75. The molecule has 4 saturated carbocycles. The molecule has 5 aliphatic rings. The average Bonchev–Trinajstić information content (AvgIpc) is 2.81. The molecule has 5 aliphatic carbocycles. The maximum Gasteiger partial charge on any atom is 0.143 e. The Kier molecular flexibility index (Phi) is 1.59. The van der Waals surface area contributed by atoms with Crippen molar-refractivity contribution in [2.45, 2.75) is 25.7 Å². The summed E-state index contributed by atoms with van der Waals surface area (Å²) in [6.45, 7) is 0. The zero-order valence-electron chi connectivity index (χ0n) is 9.60. The van der Waals surface area contributed by atoms with Crippen LogP contribution >= 0.6 is 0 Å². The monoisotopic (exact) mass is 232 g/mol.